The van der Waals surface area contributed by atoms with Crippen LogP contribution in [0.4, 0.5) is 0 Å². The molecule has 2 heterocycles. The molecule has 0 aromatic carbocycles. The number of hydrogen-bond acceptors (Lipinski definition) is 2. The lowest BCUT2D eigenvalue weighted by Gasteiger charge is -2.38. The van der Waals surface area contributed by atoms with E-state index in [1.54, 1.807) is 0 Å². The highest BCUT2D eigenvalue weighted by atomic mass is 16.5. The number of rotatable bonds is 1. The third kappa shape index (κ3) is 1.96. The first-order chi connectivity index (χ1) is 6.61. The van der Waals surface area contributed by atoms with Crippen LogP contribution in [-0.4, -0.2) is 37.2 Å². The van der Waals surface area contributed by atoms with Crippen molar-refractivity contribution in [1.29, 1.82) is 0 Å². The summed E-state index contributed by atoms with van der Waals surface area (Å²) in [4.78, 5) is 2.42. The molecule has 0 radical (unpaired) electrons. The molecule has 2 aliphatic heterocycles. The van der Waals surface area contributed by atoms with Crippen molar-refractivity contribution in [3.05, 3.63) is 0 Å². The summed E-state index contributed by atoms with van der Waals surface area (Å²) in [5, 5.41) is 0. The average Bonchev–Trinajstić information content (AvgIpc) is 2.49. The average molecular weight is 197 g/mol. The van der Waals surface area contributed by atoms with E-state index in [1.165, 1.54) is 25.8 Å². The minimum atomic E-state index is 0.224. The third-order valence-electron chi connectivity index (χ3n) is 3.91. The van der Waals surface area contributed by atoms with Gasteiger partial charge in [0.1, 0.15) is 0 Å². The van der Waals surface area contributed by atoms with Gasteiger partial charge in [0.05, 0.1) is 12.2 Å². The molecule has 2 unspecified atom stereocenters. The molecule has 0 bridgehead atoms. The molecule has 2 saturated heterocycles. The fourth-order valence-corrected chi connectivity index (χ4v) is 2.91. The van der Waals surface area contributed by atoms with Crippen molar-refractivity contribution in [2.45, 2.75) is 38.7 Å². The summed E-state index contributed by atoms with van der Waals surface area (Å²) in [7, 11) is 2.22. The molecule has 0 saturated carbocycles. The monoisotopic (exact) mass is 197 g/mol. The van der Waals surface area contributed by atoms with Gasteiger partial charge in [-0.2, -0.15) is 0 Å². The summed E-state index contributed by atoms with van der Waals surface area (Å²) in [6, 6.07) is 0. The van der Waals surface area contributed by atoms with Crippen LogP contribution in [0.3, 0.4) is 0 Å². The van der Waals surface area contributed by atoms with Gasteiger partial charge in [-0.15, -0.1) is 0 Å². The summed E-state index contributed by atoms with van der Waals surface area (Å²) in [5.74, 6) is 1.57. The fraction of sp³-hybridized carbons (Fsp3) is 1.00. The molecular weight excluding hydrogens is 174 g/mol. The van der Waals surface area contributed by atoms with Crippen LogP contribution in [-0.2, 0) is 4.74 Å². The quantitative estimate of drug-likeness (QED) is 0.638. The zero-order valence-electron chi connectivity index (χ0n) is 9.75. The molecule has 0 amide bonds. The number of ether oxygens (including phenoxy) is 1. The van der Waals surface area contributed by atoms with Gasteiger partial charge in [-0.25, -0.2) is 0 Å². The fourth-order valence-electron chi connectivity index (χ4n) is 2.91. The Hall–Kier alpha value is -0.0800. The van der Waals surface area contributed by atoms with Crippen molar-refractivity contribution < 1.29 is 4.74 Å². The second-order valence-corrected chi connectivity index (χ2v) is 5.54. The first kappa shape index (κ1) is 10.4. The highest BCUT2D eigenvalue weighted by Gasteiger charge is 2.43. The smallest absolute Gasteiger partial charge is 0.0812 e. The Bertz CT molecular complexity index is 204. The van der Waals surface area contributed by atoms with Crippen LogP contribution in [0.2, 0.25) is 0 Å². The topological polar surface area (TPSA) is 12.5 Å². The van der Waals surface area contributed by atoms with Crippen LogP contribution >= 0.6 is 0 Å². The van der Waals surface area contributed by atoms with Crippen LogP contribution in [0.1, 0.15) is 33.1 Å². The lowest BCUT2D eigenvalue weighted by molar-refractivity contribution is -0.0454. The molecule has 2 fully saturated rings. The standard InChI is InChI=1S/C12H23NO/c1-10(2)11-7-12(14-8-11)5-4-6-13(3)9-12/h10-11H,4-9H2,1-3H3. The Morgan fingerprint density at radius 3 is 2.79 bits per heavy atom. The Morgan fingerprint density at radius 1 is 1.43 bits per heavy atom. The van der Waals surface area contributed by atoms with E-state index < -0.39 is 0 Å². The summed E-state index contributed by atoms with van der Waals surface area (Å²) < 4.78 is 6.08. The van der Waals surface area contributed by atoms with Gasteiger partial charge < -0.3 is 9.64 Å². The second-order valence-electron chi connectivity index (χ2n) is 5.54. The van der Waals surface area contributed by atoms with Crippen molar-refractivity contribution in [3.63, 3.8) is 0 Å². The highest BCUT2D eigenvalue weighted by Crippen LogP contribution is 2.39. The van der Waals surface area contributed by atoms with E-state index in [0.29, 0.717) is 0 Å². The van der Waals surface area contributed by atoms with E-state index in [2.05, 4.69) is 25.8 Å². The van der Waals surface area contributed by atoms with E-state index in [9.17, 15) is 0 Å². The molecule has 82 valence electrons. The Kier molecular flexibility index (Phi) is 2.85. The predicted octanol–water partition coefficient (Wildman–Crippen LogP) is 2.14. The molecular formula is C12H23NO. The summed E-state index contributed by atoms with van der Waals surface area (Å²) in [6.45, 7) is 8.03. The maximum Gasteiger partial charge on any atom is 0.0812 e. The molecule has 0 aromatic heterocycles. The van der Waals surface area contributed by atoms with Crippen molar-refractivity contribution in [1.82, 2.24) is 4.90 Å². The van der Waals surface area contributed by atoms with E-state index in [4.69, 9.17) is 4.74 Å². The zero-order chi connectivity index (χ0) is 10.2. The normalized spacial score (nSPS) is 39.9. The first-order valence-corrected chi connectivity index (χ1v) is 5.94. The molecule has 2 nitrogen and oxygen atoms in total. The van der Waals surface area contributed by atoms with Crippen LogP contribution in [0, 0.1) is 11.8 Å². The maximum absolute atomic E-state index is 6.08. The van der Waals surface area contributed by atoms with Gasteiger partial charge in [-0.05, 0) is 44.7 Å². The van der Waals surface area contributed by atoms with Crippen LogP contribution in [0.5, 0.6) is 0 Å². The molecule has 0 aromatic rings. The van der Waals surface area contributed by atoms with Crippen molar-refractivity contribution in [2.24, 2.45) is 11.8 Å². The zero-order valence-corrected chi connectivity index (χ0v) is 9.75. The lowest BCUT2D eigenvalue weighted by atomic mass is 9.83. The third-order valence-corrected chi connectivity index (χ3v) is 3.91. The van der Waals surface area contributed by atoms with Gasteiger partial charge in [0.25, 0.3) is 0 Å². The molecule has 1 spiro atoms. The van der Waals surface area contributed by atoms with Gasteiger partial charge in [-0.1, -0.05) is 13.8 Å². The molecule has 2 aliphatic rings. The SMILES string of the molecule is CC(C)C1COC2(CCCN(C)C2)C1. The van der Waals surface area contributed by atoms with E-state index in [0.717, 1.165) is 25.0 Å². The lowest BCUT2D eigenvalue weighted by Crippen LogP contribution is -2.46. The van der Waals surface area contributed by atoms with Gasteiger partial charge in [0.15, 0.2) is 0 Å². The number of piperidine rings is 1. The first-order valence-electron chi connectivity index (χ1n) is 5.94. The van der Waals surface area contributed by atoms with Crippen molar-refractivity contribution in [2.75, 3.05) is 26.7 Å². The number of likely N-dealkylation sites (tertiary alicyclic amines) is 1. The molecule has 14 heavy (non-hydrogen) atoms. The second kappa shape index (κ2) is 3.82. The molecule has 2 atom stereocenters. The Morgan fingerprint density at radius 2 is 2.21 bits per heavy atom. The Balaban J connectivity index is 1.97. The van der Waals surface area contributed by atoms with Gasteiger partial charge in [0.2, 0.25) is 0 Å². The summed E-state index contributed by atoms with van der Waals surface area (Å²) in [5.41, 5.74) is 0.224. The summed E-state index contributed by atoms with van der Waals surface area (Å²) >= 11 is 0. The minimum Gasteiger partial charge on any atom is -0.373 e. The van der Waals surface area contributed by atoms with Gasteiger partial charge >= 0.3 is 0 Å². The van der Waals surface area contributed by atoms with Gasteiger partial charge in [0, 0.05) is 6.54 Å². The van der Waals surface area contributed by atoms with Crippen LogP contribution in [0.15, 0.2) is 0 Å². The predicted molar refractivity (Wildman–Crippen MR) is 58.4 cm³/mol. The van der Waals surface area contributed by atoms with Crippen molar-refractivity contribution >= 4 is 0 Å². The molecule has 2 heteroatoms. The maximum atomic E-state index is 6.08. The molecule has 0 aliphatic carbocycles. The Labute approximate surface area is 87.6 Å². The summed E-state index contributed by atoms with van der Waals surface area (Å²) in [6.07, 6.45) is 3.87. The highest BCUT2D eigenvalue weighted by molar-refractivity contribution is 4.94. The van der Waals surface area contributed by atoms with E-state index in [1.807, 2.05) is 0 Å². The van der Waals surface area contributed by atoms with E-state index in [-0.39, 0.29) is 5.60 Å². The number of nitrogens with zero attached hydrogens (tertiary/aromatic N) is 1. The number of likely N-dealkylation sites (N-methyl/N-ethyl adjacent to an activating group) is 1. The van der Waals surface area contributed by atoms with Crippen LogP contribution < -0.4 is 0 Å². The van der Waals surface area contributed by atoms with Crippen LogP contribution in [0.25, 0.3) is 0 Å². The van der Waals surface area contributed by atoms with Crippen molar-refractivity contribution in [3.8, 4) is 0 Å². The molecule has 0 N–H and O–H groups in total. The number of hydrogen-bond donors (Lipinski definition) is 0. The van der Waals surface area contributed by atoms with E-state index >= 15 is 0 Å². The van der Waals surface area contributed by atoms with Gasteiger partial charge in [-0.3, -0.25) is 0 Å². The molecule has 2 rings (SSSR count). The largest absolute Gasteiger partial charge is 0.373 e. The minimum absolute atomic E-state index is 0.224.